The fraction of sp³-hybridized carbons (Fsp3) is 0.320. The fourth-order valence-corrected chi connectivity index (χ4v) is 4.90. The van der Waals surface area contributed by atoms with Crippen molar-refractivity contribution in [3.8, 4) is 5.69 Å². The molecule has 2 aliphatic rings. The number of carbonyl (C=O) groups is 2. The van der Waals surface area contributed by atoms with Gasteiger partial charge in [-0.15, -0.1) is 0 Å². The Balaban J connectivity index is 1.67. The van der Waals surface area contributed by atoms with Gasteiger partial charge >= 0.3 is 0 Å². The number of imide groups is 1. The first-order valence-electron chi connectivity index (χ1n) is 11.6. The molecule has 0 saturated carbocycles. The maximum absolute atomic E-state index is 13.8. The maximum atomic E-state index is 13.8. The van der Waals surface area contributed by atoms with Crippen LogP contribution in [-0.4, -0.2) is 76.6 Å². The van der Waals surface area contributed by atoms with Crippen LogP contribution in [0, 0.1) is 0 Å². The molecule has 12 heteroatoms. The summed E-state index contributed by atoms with van der Waals surface area (Å²) in [5, 5.41) is 3.64. The number of piperazine rings is 1. The molecule has 10 nitrogen and oxygen atoms in total. The number of rotatable bonds is 7. The van der Waals surface area contributed by atoms with E-state index in [1.807, 2.05) is 11.9 Å². The number of aromatic nitrogens is 2. The van der Waals surface area contributed by atoms with E-state index in [4.69, 9.17) is 32.4 Å². The lowest BCUT2D eigenvalue weighted by Gasteiger charge is -2.34. The van der Waals surface area contributed by atoms with Crippen LogP contribution in [0.3, 0.4) is 0 Å². The van der Waals surface area contributed by atoms with Gasteiger partial charge in [-0.25, -0.2) is 4.68 Å². The van der Waals surface area contributed by atoms with Crippen LogP contribution in [-0.2, 0) is 27.5 Å². The second kappa shape index (κ2) is 10.2. The molecule has 4 heterocycles. The number of amides is 2. The highest BCUT2D eigenvalue weighted by atomic mass is 35.5. The van der Waals surface area contributed by atoms with Gasteiger partial charge in [-0.3, -0.25) is 24.4 Å². The molecule has 2 aliphatic heterocycles. The second-order valence-electron chi connectivity index (χ2n) is 8.93. The number of nitrogens with zero attached hydrogens (tertiary/aromatic N) is 4. The van der Waals surface area contributed by atoms with Gasteiger partial charge in [0.15, 0.2) is 0 Å². The summed E-state index contributed by atoms with van der Waals surface area (Å²) >= 11 is 12.3. The molecule has 1 saturated heterocycles. The number of nitrogens with one attached hydrogen (secondary N) is 1. The number of ether oxygens (including phenoxy) is 1. The monoisotopic (exact) mass is 545 g/mol. The van der Waals surface area contributed by atoms with Gasteiger partial charge in [0.05, 0.1) is 52.0 Å². The zero-order chi connectivity index (χ0) is 26.3. The first-order valence-corrected chi connectivity index (χ1v) is 12.4. The number of aromatic amines is 1. The van der Waals surface area contributed by atoms with E-state index in [-0.39, 0.29) is 35.0 Å². The Kier molecular flexibility index (Phi) is 7.00. The third kappa shape index (κ3) is 4.61. The minimum atomic E-state index is -0.565. The summed E-state index contributed by atoms with van der Waals surface area (Å²) < 4.78 is 12.0. The van der Waals surface area contributed by atoms with Gasteiger partial charge in [-0.1, -0.05) is 23.2 Å². The third-order valence-electron chi connectivity index (χ3n) is 6.52. The summed E-state index contributed by atoms with van der Waals surface area (Å²) in [6, 6.07) is 8.13. The summed E-state index contributed by atoms with van der Waals surface area (Å²) in [6.07, 6.45) is 1.48. The van der Waals surface area contributed by atoms with Crippen LogP contribution < -0.4 is 5.56 Å². The van der Waals surface area contributed by atoms with E-state index in [0.29, 0.717) is 48.3 Å². The maximum Gasteiger partial charge on any atom is 0.279 e. The average Bonchev–Trinajstić information content (AvgIpc) is 3.56. The number of furan rings is 1. The van der Waals surface area contributed by atoms with Gasteiger partial charge in [0.25, 0.3) is 17.4 Å². The highest BCUT2D eigenvalue weighted by molar-refractivity contribution is 6.42. The molecular formula is C25H25Cl2N5O5. The molecule has 5 rings (SSSR count). The van der Waals surface area contributed by atoms with Crippen molar-refractivity contribution in [1.82, 2.24) is 24.5 Å². The van der Waals surface area contributed by atoms with Crippen LogP contribution in [0.1, 0.15) is 17.0 Å². The number of halogens is 2. The highest BCUT2D eigenvalue weighted by Crippen LogP contribution is 2.34. The Morgan fingerprint density at radius 3 is 2.43 bits per heavy atom. The highest BCUT2D eigenvalue weighted by Gasteiger charge is 2.44. The van der Waals surface area contributed by atoms with Gasteiger partial charge < -0.3 is 19.0 Å². The zero-order valence-corrected chi connectivity index (χ0v) is 21.8. The topological polar surface area (TPSA) is 104 Å². The summed E-state index contributed by atoms with van der Waals surface area (Å²) in [5.74, 6) is -0.573. The first kappa shape index (κ1) is 25.3. The summed E-state index contributed by atoms with van der Waals surface area (Å²) in [5.41, 5.74) is 0.623. The van der Waals surface area contributed by atoms with Crippen molar-refractivity contribution in [3.63, 3.8) is 0 Å². The number of carbonyl (C=O) groups excluding carboxylic acids is 2. The molecule has 0 radical (unpaired) electrons. The molecular weight excluding hydrogens is 521 g/mol. The standard InChI is InChI=1S/C25H25Cl2N5O5/c1-29-7-9-30(10-8-29)22-21(23(33)31(25(22)35)13-16-4-3-11-37-16)20-19(14-36-2)28-32(24(20)34)15-5-6-17(26)18(27)12-15/h3-6,11-12,28H,7-10,13-14H2,1-2H3. The largest absolute Gasteiger partial charge is 0.467 e. The zero-order valence-electron chi connectivity index (χ0n) is 20.3. The first-order chi connectivity index (χ1) is 17.8. The normalized spacial score (nSPS) is 17.0. The van der Waals surface area contributed by atoms with Crippen molar-refractivity contribution >= 4 is 40.6 Å². The van der Waals surface area contributed by atoms with Gasteiger partial charge in [-0.05, 0) is 37.4 Å². The van der Waals surface area contributed by atoms with E-state index in [1.165, 1.54) is 18.1 Å². The second-order valence-corrected chi connectivity index (χ2v) is 9.74. The Morgan fingerprint density at radius 2 is 1.78 bits per heavy atom. The molecule has 3 aromatic rings. The number of hydrogen-bond donors (Lipinski definition) is 1. The SMILES string of the molecule is COCc1[nH]n(-c2ccc(Cl)c(Cl)c2)c(=O)c1C1=C(N2CCN(C)CC2)C(=O)N(Cc2ccco2)C1=O. The molecule has 0 unspecified atom stereocenters. The predicted molar refractivity (Wildman–Crippen MR) is 137 cm³/mol. The Morgan fingerprint density at radius 1 is 1.03 bits per heavy atom. The van der Waals surface area contributed by atoms with E-state index in [9.17, 15) is 14.4 Å². The van der Waals surface area contributed by atoms with Crippen LogP contribution in [0.25, 0.3) is 11.3 Å². The molecule has 1 N–H and O–H groups in total. The Hall–Kier alpha value is -3.31. The number of methoxy groups -OCH3 is 1. The minimum Gasteiger partial charge on any atom is -0.467 e. The van der Waals surface area contributed by atoms with Gasteiger partial charge in [0, 0.05) is 33.3 Å². The number of hydrogen-bond acceptors (Lipinski definition) is 7. The lowest BCUT2D eigenvalue weighted by molar-refractivity contribution is -0.138. The summed E-state index contributed by atoms with van der Waals surface area (Å²) in [6.45, 7) is 2.46. The molecule has 1 aromatic carbocycles. The lowest BCUT2D eigenvalue weighted by atomic mass is 10.0. The Bertz CT molecular complexity index is 1430. The van der Waals surface area contributed by atoms with E-state index >= 15 is 0 Å². The summed E-state index contributed by atoms with van der Waals surface area (Å²) in [4.78, 5) is 46.5. The van der Waals surface area contributed by atoms with E-state index in [1.54, 1.807) is 30.3 Å². The van der Waals surface area contributed by atoms with Crippen molar-refractivity contribution in [1.29, 1.82) is 0 Å². The molecule has 0 spiro atoms. The average molecular weight is 546 g/mol. The molecule has 0 atom stereocenters. The third-order valence-corrected chi connectivity index (χ3v) is 7.26. The van der Waals surface area contributed by atoms with Crippen LogP contribution in [0.4, 0.5) is 0 Å². The van der Waals surface area contributed by atoms with Gasteiger partial charge in [0.1, 0.15) is 11.5 Å². The van der Waals surface area contributed by atoms with Crippen LogP contribution in [0.15, 0.2) is 51.5 Å². The molecule has 0 aliphatic carbocycles. The van der Waals surface area contributed by atoms with Gasteiger partial charge in [0.2, 0.25) is 0 Å². The number of likely N-dealkylation sites (N-methyl/N-ethyl adjacent to an activating group) is 1. The molecule has 37 heavy (non-hydrogen) atoms. The number of H-pyrrole nitrogens is 1. The van der Waals surface area contributed by atoms with E-state index in [2.05, 4.69) is 10.00 Å². The number of benzene rings is 1. The predicted octanol–water partition coefficient (Wildman–Crippen LogP) is 2.74. The lowest BCUT2D eigenvalue weighted by Crippen LogP contribution is -2.46. The smallest absolute Gasteiger partial charge is 0.279 e. The van der Waals surface area contributed by atoms with E-state index in [0.717, 1.165) is 4.90 Å². The molecule has 2 aromatic heterocycles. The molecule has 194 valence electrons. The molecule has 1 fully saturated rings. The van der Waals surface area contributed by atoms with Crippen LogP contribution >= 0.6 is 23.2 Å². The Labute approximate surface area is 222 Å². The van der Waals surface area contributed by atoms with Crippen molar-refractivity contribution in [2.75, 3.05) is 40.3 Å². The van der Waals surface area contributed by atoms with Crippen molar-refractivity contribution in [2.45, 2.75) is 13.2 Å². The molecule has 0 bridgehead atoms. The summed E-state index contributed by atoms with van der Waals surface area (Å²) in [7, 11) is 3.48. The minimum absolute atomic E-state index is 0.0120. The van der Waals surface area contributed by atoms with E-state index < -0.39 is 17.4 Å². The van der Waals surface area contributed by atoms with Crippen LogP contribution in [0.5, 0.6) is 0 Å². The molecule has 2 amide bonds. The quantitative estimate of drug-likeness (QED) is 0.455. The van der Waals surface area contributed by atoms with Crippen molar-refractivity contribution in [3.05, 3.63) is 79.7 Å². The van der Waals surface area contributed by atoms with Gasteiger partial charge in [-0.2, -0.15) is 0 Å². The van der Waals surface area contributed by atoms with Crippen molar-refractivity contribution < 1.29 is 18.7 Å². The van der Waals surface area contributed by atoms with Crippen LogP contribution in [0.2, 0.25) is 10.0 Å². The van der Waals surface area contributed by atoms with Crippen molar-refractivity contribution in [2.24, 2.45) is 0 Å². The fourth-order valence-electron chi connectivity index (χ4n) is 4.61.